The number of benzene rings is 1. The molecule has 2 aliphatic heterocycles. The van der Waals surface area contributed by atoms with E-state index in [-0.39, 0.29) is 12.0 Å². The van der Waals surface area contributed by atoms with Crippen molar-refractivity contribution in [2.24, 2.45) is 11.0 Å². The zero-order valence-electron chi connectivity index (χ0n) is 27.7. The SMILES string of the molecule is CC(C)(C)OC(=O)N1CCN(C2CCC(/C=[N+]3\C=c4cc(NC(=O)c5ccc6cc(C#N)cnn56)c(C(C)(C)O)cc4=N3)CC2)CC1. The van der Waals surface area contributed by atoms with Gasteiger partial charge in [-0.3, -0.25) is 9.69 Å². The summed E-state index contributed by atoms with van der Waals surface area (Å²) in [5, 5.41) is 33.8. The molecule has 0 atom stereocenters. The minimum Gasteiger partial charge on any atom is -0.444 e. The van der Waals surface area contributed by atoms with Crippen LogP contribution in [0.3, 0.4) is 0 Å². The molecule has 1 aromatic carbocycles. The molecule has 1 aliphatic carbocycles. The van der Waals surface area contributed by atoms with Crippen LogP contribution in [0.1, 0.15) is 81.9 Å². The number of hydrogen-bond acceptors (Lipinski definition) is 8. The average Bonchev–Trinajstić information content (AvgIpc) is 3.62. The van der Waals surface area contributed by atoms with Crippen molar-refractivity contribution < 1.29 is 24.1 Å². The minimum absolute atomic E-state index is 0.228. The van der Waals surface area contributed by atoms with Crippen molar-refractivity contribution in [3.63, 3.8) is 0 Å². The van der Waals surface area contributed by atoms with Gasteiger partial charge in [0.05, 0.1) is 28.1 Å². The quantitative estimate of drug-likeness (QED) is 0.409. The molecule has 2 fully saturated rings. The predicted octanol–water partition coefficient (Wildman–Crippen LogP) is 3.17. The Labute approximate surface area is 274 Å². The molecule has 2 amide bonds. The number of aromatic nitrogens is 2. The maximum atomic E-state index is 13.4. The van der Waals surface area contributed by atoms with Crippen LogP contribution < -0.4 is 15.9 Å². The molecule has 2 N–H and O–H groups in total. The van der Waals surface area contributed by atoms with Gasteiger partial charge in [-0.1, -0.05) is 4.68 Å². The minimum atomic E-state index is -1.23. The summed E-state index contributed by atoms with van der Waals surface area (Å²) in [7, 11) is 0. The third kappa shape index (κ3) is 7.21. The van der Waals surface area contributed by atoms with Crippen LogP contribution in [-0.2, 0) is 10.3 Å². The monoisotopic (exact) mass is 639 g/mol. The molecule has 0 bridgehead atoms. The number of hydrogen-bond donors (Lipinski definition) is 2. The summed E-state index contributed by atoms with van der Waals surface area (Å²) in [6, 6.07) is 11.3. The maximum absolute atomic E-state index is 13.4. The van der Waals surface area contributed by atoms with Gasteiger partial charge in [-0.2, -0.15) is 10.4 Å². The van der Waals surface area contributed by atoms with Crippen LogP contribution in [0.15, 0.2) is 41.6 Å². The number of piperazine rings is 1. The van der Waals surface area contributed by atoms with E-state index in [2.05, 4.69) is 27.6 Å². The lowest BCUT2D eigenvalue weighted by molar-refractivity contribution is -0.424. The Morgan fingerprint density at radius 1 is 1.06 bits per heavy atom. The molecular weight excluding hydrogens is 596 g/mol. The fourth-order valence-corrected chi connectivity index (χ4v) is 6.62. The van der Waals surface area contributed by atoms with Crippen molar-refractivity contribution in [2.75, 3.05) is 31.5 Å². The third-order valence-corrected chi connectivity index (χ3v) is 9.02. The van der Waals surface area contributed by atoms with Crippen LogP contribution in [0.2, 0.25) is 0 Å². The Bertz CT molecular complexity index is 1890. The number of amides is 2. The summed E-state index contributed by atoms with van der Waals surface area (Å²) in [6.07, 6.45) is 9.62. The van der Waals surface area contributed by atoms with E-state index in [1.54, 1.807) is 32.0 Å². The van der Waals surface area contributed by atoms with Crippen molar-refractivity contribution in [3.05, 3.63) is 63.9 Å². The number of rotatable bonds is 5. The van der Waals surface area contributed by atoms with Gasteiger partial charge in [-0.25, -0.2) is 9.31 Å². The third-order valence-electron chi connectivity index (χ3n) is 9.02. The molecule has 3 aromatic rings. The van der Waals surface area contributed by atoms with Crippen molar-refractivity contribution in [2.45, 2.75) is 77.5 Å². The maximum Gasteiger partial charge on any atom is 0.410 e. The highest BCUT2D eigenvalue weighted by Gasteiger charge is 2.32. The summed E-state index contributed by atoms with van der Waals surface area (Å²) in [6.45, 7) is 12.2. The van der Waals surface area contributed by atoms with E-state index < -0.39 is 11.2 Å². The van der Waals surface area contributed by atoms with Crippen LogP contribution in [0.25, 0.3) is 11.7 Å². The van der Waals surface area contributed by atoms with Crippen LogP contribution >= 0.6 is 0 Å². The smallest absolute Gasteiger partial charge is 0.410 e. The number of carbonyl (C=O) groups excluding carboxylic acids is 2. The molecule has 6 rings (SSSR count). The molecule has 246 valence electrons. The second kappa shape index (κ2) is 12.5. The van der Waals surface area contributed by atoms with Crippen LogP contribution in [0.5, 0.6) is 0 Å². The highest BCUT2D eigenvalue weighted by molar-refractivity contribution is 6.04. The van der Waals surface area contributed by atoms with E-state index in [4.69, 9.17) is 9.84 Å². The number of nitrogens with zero attached hydrogens (tertiary/aromatic N) is 7. The molecule has 0 spiro atoms. The molecule has 12 nitrogen and oxygen atoms in total. The van der Waals surface area contributed by atoms with Crippen molar-refractivity contribution in [3.8, 4) is 6.07 Å². The molecule has 47 heavy (non-hydrogen) atoms. The van der Waals surface area contributed by atoms with Gasteiger partial charge < -0.3 is 20.1 Å². The fourth-order valence-electron chi connectivity index (χ4n) is 6.62. The van der Waals surface area contributed by atoms with E-state index in [1.807, 2.05) is 48.7 Å². The van der Waals surface area contributed by atoms with Gasteiger partial charge in [0.2, 0.25) is 6.20 Å². The number of nitriles is 1. The summed E-state index contributed by atoms with van der Waals surface area (Å²) >= 11 is 0. The largest absolute Gasteiger partial charge is 0.444 e. The Hall–Kier alpha value is -4.60. The number of ether oxygens (including phenoxy) is 1. The zero-order valence-corrected chi connectivity index (χ0v) is 27.7. The molecule has 12 heteroatoms. The first-order valence-electron chi connectivity index (χ1n) is 16.3. The van der Waals surface area contributed by atoms with Crippen LogP contribution in [-0.4, -0.2) is 85.2 Å². The van der Waals surface area contributed by atoms with Gasteiger partial charge in [0.25, 0.3) is 5.91 Å². The molecule has 0 radical (unpaired) electrons. The van der Waals surface area contributed by atoms with Gasteiger partial charge in [-0.05, 0) is 90.6 Å². The molecule has 1 saturated carbocycles. The Kier molecular flexibility index (Phi) is 8.63. The molecule has 4 heterocycles. The first-order valence-corrected chi connectivity index (χ1v) is 16.3. The molecular formula is C35H43N8O4+. The van der Waals surface area contributed by atoms with E-state index in [0.29, 0.717) is 53.1 Å². The second-order valence-corrected chi connectivity index (χ2v) is 14.2. The van der Waals surface area contributed by atoms with Crippen LogP contribution in [0, 0.1) is 17.2 Å². The van der Waals surface area contributed by atoms with E-state index in [0.717, 1.165) is 49.3 Å². The van der Waals surface area contributed by atoms with Gasteiger partial charge in [-0.15, -0.1) is 0 Å². The second-order valence-electron chi connectivity index (χ2n) is 14.2. The number of carbonyl (C=O) groups is 2. The average molecular weight is 640 g/mol. The number of nitrogens with one attached hydrogen (secondary N) is 1. The highest BCUT2D eigenvalue weighted by Crippen LogP contribution is 2.29. The van der Waals surface area contributed by atoms with Crippen molar-refractivity contribution >= 4 is 35.6 Å². The summed E-state index contributed by atoms with van der Waals surface area (Å²) in [5.41, 5.74) is 0.690. The molecule has 1 saturated heterocycles. The van der Waals surface area contributed by atoms with Gasteiger partial charge >= 0.3 is 6.09 Å². The zero-order chi connectivity index (χ0) is 33.5. The van der Waals surface area contributed by atoms with Crippen LogP contribution in [0.4, 0.5) is 10.5 Å². The van der Waals surface area contributed by atoms with Gasteiger partial charge in [0.1, 0.15) is 22.7 Å². The van der Waals surface area contributed by atoms with E-state index in [1.165, 1.54) is 10.7 Å². The lowest BCUT2D eigenvalue weighted by Gasteiger charge is -2.41. The topological polar surface area (TPSA) is 139 Å². The highest BCUT2D eigenvalue weighted by atomic mass is 16.6. The molecule has 3 aliphatic rings. The standard InChI is InChI=1S/C35H42N8O4/c1-34(2,3)47-33(45)41-14-12-40(13-15-41)26-8-6-23(7-9-26)21-42-22-25-17-30(28(35(4,5)46)18-29(25)39-42)38-32(44)31-11-10-27-16-24(19-36)20-37-43(27)31/h10-11,16-18,20-23,26,46H,6-9,12-15H2,1-5H3/p+1/b42-21+. The normalized spacial score (nSPS) is 21.1. The summed E-state index contributed by atoms with van der Waals surface area (Å²) < 4.78 is 8.90. The molecule has 0 unspecified atom stereocenters. The lowest BCUT2D eigenvalue weighted by atomic mass is 9.85. The van der Waals surface area contributed by atoms with E-state index in [9.17, 15) is 20.0 Å². The Morgan fingerprint density at radius 3 is 2.45 bits per heavy atom. The summed E-state index contributed by atoms with van der Waals surface area (Å²) in [4.78, 5) is 30.2. The van der Waals surface area contributed by atoms with Crippen molar-refractivity contribution in [1.29, 1.82) is 5.26 Å². The predicted molar refractivity (Wildman–Crippen MR) is 176 cm³/mol. The van der Waals surface area contributed by atoms with Gasteiger partial charge in [0, 0.05) is 54.5 Å². The van der Waals surface area contributed by atoms with E-state index >= 15 is 0 Å². The lowest BCUT2D eigenvalue weighted by Crippen LogP contribution is -2.53. The summed E-state index contributed by atoms with van der Waals surface area (Å²) in [5.74, 6) is 0.00210. The van der Waals surface area contributed by atoms with Crippen molar-refractivity contribution in [1.82, 2.24) is 19.4 Å². The molecule has 2 aromatic heterocycles. The van der Waals surface area contributed by atoms with Gasteiger partial charge in [0.15, 0.2) is 6.21 Å². The first kappa shape index (κ1) is 32.3. The Balaban J connectivity index is 1.12. The fraction of sp³-hybridized carbons (Fsp3) is 0.486. The first-order chi connectivity index (χ1) is 22.3. The number of fused-ring (bicyclic) bond motifs is 2. The number of anilines is 1. The number of aliphatic hydroxyl groups is 1. The Morgan fingerprint density at radius 2 is 1.79 bits per heavy atom.